The topological polar surface area (TPSA) is 141 Å². The van der Waals surface area contributed by atoms with E-state index in [0.29, 0.717) is 0 Å². The number of nitrogens with zero attached hydrogens (tertiary/aromatic N) is 2. The lowest BCUT2D eigenvalue weighted by molar-refractivity contribution is -0.384. The van der Waals surface area contributed by atoms with Gasteiger partial charge in [0.05, 0.1) is 9.82 Å². The fourth-order valence-corrected chi connectivity index (χ4v) is 2.27. The second-order valence-electron chi connectivity index (χ2n) is 4.07. The van der Waals surface area contributed by atoms with Crippen molar-refractivity contribution in [2.45, 2.75) is 4.90 Å². The van der Waals surface area contributed by atoms with Gasteiger partial charge in [-0.3, -0.25) is 10.1 Å². The van der Waals surface area contributed by atoms with Crippen molar-refractivity contribution in [2.75, 3.05) is 6.26 Å². The monoisotopic (exact) mass is 312 g/mol. The quantitative estimate of drug-likeness (QED) is 0.658. The van der Waals surface area contributed by atoms with E-state index in [0.717, 1.165) is 6.26 Å². The van der Waals surface area contributed by atoms with Gasteiger partial charge in [0.2, 0.25) is 0 Å². The molecule has 0 atom stereocenters. The summed E-state index contributed by atoms with van der Waals surface area (Å²) in [5.74, 6) is -2.50. The van der Waals surface area contributed by atoms with Gasteiger partial charge in [-0.05, 0) is 12.1 Å². The minimum Gasteiger partial charge on any atom is -0.475 e. The summed E-state index contributed by atoms with van der Waals surface area (Å²) in [7, 11) is -3.41. The molecule has 0 unspecified atom stereocenters. The lowest BCUT2D eigenvalue weighted by Gasteiger charge is -1.99. The van der Waals surface area contributed by atoms with Gasteiger partial charge in [0.15, 0.2) is 15.5 Å². The molecule has 1 N–H and O–H groups in total. The highest BCUT2D eigenvalue weighted by atomic mass is 32.2. The average molecular weight is 312 g/mol. The van der Waals surface area contributed by atoms with Gasteiger partial charge >= 0.3 is 17.4 Å². The first-order chi connectivity index (χ1) is 9.71. The van der Waals surface area contributed by atoms with Crippen LogP contribution < -0.4 is 0 Å². The van der Waals surface area contributed by atoms with Gasteiger partial charge in [0.25, 0.3) is 0 Å². The second kappa shape index (κ2) is 4.98. The molecule has 0 aliphatic rings. The van der Waals surface area contributed by atoms with Crippen LogP contribution in [-0.2, 0) is 9.84 Å². The fraction of sp³-hybridized carbons (Fsp3) is 0.0909. The van der Waals surface area contributed by atoms with E-state index in [9.17, 15) is 23.3 Å². The van der Waals surface area contributed by atoms with Crippen molar-refractivity contribution in [3.05, 3.63) is 40.1 Å². The highest BCUT2D eigenvalue weighted by Gasteiger charge is 2.32. The lowest BCUT2D eigenvalue weighted by Crippen LogP contribution is -2.00. The Morgan fingerprint density at radius 3 is 2.33 bits per heavy atom. The number of benzene rings is 1. The predicted molar refractivity (Wildman–Crippen MR) is 68.7 cm³/mol. The molecule has 21 heavy (non-hydrogen) atoms. The van der Waals surface area contributed by atoms with Gasteiger partial charge in [-0.1, -0.05) is 17.3 Å². The maximum atomic E-state index is 11.3. The summed E-state index contributed by atoms with van der Waals surface area (Å²) in [6.45, 7) is 0. The summed E-state index contributed by atoms with van der Waals surface area (Å²) in [5.41, 5.74) is -0.891. The maximum Gasteiger partial charge on any atom is 0.382 e. The molecular formula is C11H8N2O7S. The highest BCUT2D eigenvalue weighted by molar-refractivity contribution is 7.90. The zero-order valence-electron chi connectivity index (χ0n) is 10.5. The number of sulfone groups is 1. The molecule has 9 nitrogen and oxygen atoms in total. The molecule has 2 aromatic rings. The molecule has 110 valence electrons. The van der Waals surface area contributed by atoms with Crippen LogP contribution in [0.2, 0.25) is 0 Å². The Kier molecular flexibility index (Phi) is 3.47. The molecule has 0 fully saturated rings. The highest BCUT2D eigenvalue weighted by Crippen LogP contribution is 2.32. The van der Waals surface area contributed by atoms with E-state index in [-0.39, 0.29) is 16.2 Å². The number of carboxylic acid groups (broad SMARTS) is 1. The van der Waals surface area contributed by atoms with Crippen molar-refractivity contribution in [3.8, 4) is 11.3 Å². The standard InChI is InChI=1S/C11H8N2O7S/c1-21(18,19)7-4-2-6(3-5-7)8-9(13(16)17)10(11(14)15)20-12-8/h2-5H,1H3,(H,14,15). The van der Waals surface area contributed by atoms with Crippen LogP contribution in [0.3, 0.4) is 0 Å². The van der Waals surface area contributed by atoms with E-state index in [4.69, 9.17) is 5.11 Å². The predicted octanol–water partition coefficient (Wildman–Crippen LogP) is 1.35. The molecule has 0 aliphatic carbocycles. The zero-order chi connectivity index (χ0) is 15.8. The van der Waals surface area contributed by atoms with Crippen molar-refractivity contribution < 1.29 is 27.8 Å². The van der Waals surface area contributed by atoms with Crippen molar-refractivity contribution in [3.63, 3.8) is 0 Å². The zero-order valence-corrected chi connectivity index (χ0v) is 11.3. The lowest BCUT2D eigenvalue weighted by atomic mass is 10.1. The van der Waals surface area contributed by atoms with Gasteiger partial charge < -0.3 is 9.63 Å². The van der Waals surface area contributed by atoms with Crippen molar-refractivity contribution in [1.82, 2.24) is 5.16 Å². The number of aromatic carboxylic acids is 1. The molecule has 0 amide bonds. The minimum atomic E-state index is -3.41. The van der Waals surface area contributed by atoms with E-state index < -0.39 is 32.2 Å². The number of aromatic nitrogens is 1. The average Bonchev–Trinajstić information content (AvgIpc) is 2.82. The van der Waals surface area contributed by atoms with Gasteiger partial charge in [-0.2, -0.15) is 0 Å². The Morgan fingerprint density at radius 2 is 1.90 bits per heavy atom. The summed E-state index contributed by atoms with van der Waals surface area (Å²) >= 11 is 0. The first-order valence-electron chi connectivity index (χ1n) is 5.39. The molecular weight excluding hydrogens is 304 g/mol. The summed E-state index contributed by atoms with van der Waals surface area (Å²) < 4.78 is 27.1. The number of hydrogen-bond acceptors (Lipinski definition) is 7. The molecule has 1 aromatic heterocycles. The number of hydrogen-bond donors (Lipinski definition) is 1. The van der Waals surface area contributed by atoms with Crippen molar-refractivity contribution in [2.24, 2.45) is 0 Å². The molecule has 0 spiro atoms. The van der Waals surface area contributed by atoms with E-state index in [2.05, 4.69) is 9.68 Å². The molecule has 0 saturated heterocycles. The first-order valence-corrected chi connectivity index (χ1v) is 7.29. The van der Waals surface area contributed by atoms with E-state index >= 15 is 0 Å². The molecule has 0 aliphatic heterocycles. The number of carbonyl (C=O) groups is 1. The van der Waals surface area contributed by atoms with Gasteiger partial charge in [-0.15, -0.1) is 0 Å². The Balaban J connectivity index is 2.58. The Hall–Kier alpha value is -2.75. The molecule has 1 aromatic carbocycles. The molecule has 2 rings (SSSR count). The molecule has 0 radical (unpaired) electrons. The minimum absolute atomic E-state index is 0.0239. The van der Waals surface area contributed by atoms with Crippen molar-refractivity contribution >= 4 is 21.5 Å². The normalized spacial score (nSPS) is 11.3. The summed E-state index contributed by atoms with van der Waals surface area (Å²) in [6, 6.07) is 5.05. The first kappa shape index (κ1) is 14.7. The van der Waals surface area contributed by atoms with Gasteiger partial charge in [0.1, 0.15) is 0 Å². The smallest absolute Gasteiger partial charge is 0.382 e. The Labute approximate surface area is 117 Å². The van der Waals surface area contributed by atoms with Crippen LogP contribution in [0.15, 0.2) is 33.7 Å². The molecule has 10 heteroatoms. The van der Waals surface area contributed by atoms with Crippen LogP contribution in [-0.4, -0.2) is 35.8 Å². The van der Waals surface area contributed by atoms with Crippen LogP contribution in [0.1, 0.15) is 10.6 Å². The van der Waals surface area contributed by atoms with Gasteiger partial charge in [0, 0.05) is 11.8 Å². The third kappa shape index (κ3) is 2.74. The molecule has 1 heterocycles. The van der Waals surface area contributed by atoms with Gasteiger partial charge in [-0.25, -0.2) is 13.2 Å². The number of rotatable bonds is 4. The van der Waals surface area contributed by atoms with Crippen LogP contribution in [0.4, 0.5) is 5.69 Å². The van der Waals surface area contributed by atoms with E-state index in [1.165, 1.54) is 24.3 Å². The SMILES string of the molecule is CS(=O)(=O)c1ccc(-c2noc(C(=O)O)c2[N+](=O)[O-])cc1. The summed E-state index contributed by atoms with van der Waals surface area (Å²) in [4.78, 5) is 20.9. The summed E-state index contributed by atoms with van der Waals surface area (Å²) in [5, 5.41) is 23.1. The largest absolute Gasteiger partial charge is 0.475 e. The summed E-state index contributed by atoms with van der Waals surface area (Å²) in [6.07, 6.45) is 1.02. The Morgan fingerprint density at radius 1 is 1.33 bits per heavy atom. The van der Waals surface area contributed by atoms with Crippen LogP contribution in [0.5, 0.6) is 0 Å². The van der Waals surface area contributed by atoms with E-state index in [1.807, 2.05) is 0 Å². The third-order valence-corrected chi connectivity index (χ3v) is 3.73. The van der Waals surface area contributed by atoms with Crippen LogP contribution in [0, 0.1) is 10.1 Å². The molecule has 0 saturated carbocycles. The maximum absolute atomic E-state index is 11.3. The fourth-order valence-electron chi connectivity index (χ4n) is 1.64. The third-order valence-electron chi connectivity index (χ3n) is 2.60. The van der Waals surface area contributed by atoms with E-state index in [1.54, 1.807) is 0 Å². The second-order valence-corrected chi connectivity index (χ2v) is 6.08. The van der Waals surface area contributed by atoms with Crippen molar-refractivity contribution in [1.29, 1.82) is 0 Å². The van der Waals surface area contributed by atoms with Crippen LogP contribution >= 0.6 is 0 Å². The number of carboxylic acids is 1. The molecule has 0 bridgehead atoms. The van der Waals surface area contributed by atoms with Crippen LogP contribution in [0.25, 0.3) is 11.3 Å². The Bertz CT molecular complexity index is 821. The number of nitro groups is 1.